The smallest absolute Gasteiger partial charge is 0.343 e. The lowest BCUT2D eigenvalue weighted by Crippen LogP contribution is -2.15. The fraction of sp³-hybridized carbons (Fsp3) is 0.111. The number of aromatic amines is 1. The number of H-pyrrole nitrogens is 1. The number of hydrogen-bond acceptors (Lipinski definition) is 9. The summed E-state index contributed by atoms with van der Waals surface area (Å²) >= 11 is 0. The molecule has 0 aliphatic carbocycles. The number of nitrogens with zero attached hydrogens (tertiary/aromatic N) is 4. The fourth-order valence-corrected chi connectivity index (χ4v) is 2.11. The first-order valence-corrected chi connectivity index (χ1v) is 8.10. The van der Waals surface area contributed by atoms with E-state index in [0.717, 1.165) is 0 Å². The molecule has 0 saturated heterocycles. The van der Waals surface area contributed by atoms with Crippen molar-refractivity contribution in [3.63, 3.8) is 0 Å². The predicted octanol–water partition coefficient (Wildman–Crippen LogP) is 1.54. The van der Waals surface area contributed by atoms with Crippen LogP contribution in [-0.2, 0) is 0 Å². The molecule has 0 spiro atoms. The Morgan fingerprint density at radius 3 is 2.68 bits per heavy atom. The van der Waals surface area contributed by atoms with Gasteiger partial charge in [0.25, 0.3) is 5.56 Å². The summed E-state index contributed by atoms with van der Waals surface area (Å²) in [5.74, 6) is 0.213. The maximum Gasteiger partial charge on any atom is 0.343 e. The zero-order chi connectivity index (χ0) is 19.9. The molecular weight excluding hydrogens is 364 g/mol. The number of nitrogens with one attached hydrogen (secondary N) is 2. The summed E-state index contributed by atoms with van der Waals surface area (Å²) < 4.78 is 10.6. The van der Waals surface area contributed by atoms with Gasteiger partial charge in [-0.25, -0.2) is 10.2 Å². The van der Waals surface area contributed by atoms with Crippen LogP contribution in [0.15, 0.2) is 52.6 Å². The molecule has 3 aromatic rings. The lowest BCUT2D eigenvalue weighted by molar-refractivity contribution is 0.0729. The number of anilines is 1. The van der Waals surface area contributed by atoms with Gasteiger partial charge in [0.1, 0.15) is 5.69 Å². The minimum Gasteiger partial charge on any atom is -0.493 e. The number of benzene rings is 1. The molecule has 142 valence electrons. The van der Waals surface area contributed by atoms with Gasteiger partial charge in [-0.3, -0.25) is 14.8 Å². The normalized spacial score (nSPS) is 10.6. The number of rotatable bonds is 6. The van der Waals surface area contributed by atoms with E-state index in [2.05, 4.69) is 30.7 Å². The van der Waals surface area contributed by atoms with Crippen molar-refractivity contribution in [3.05, 3.63) is 69.9 Å². The molecule has 3 rings (SSSR count). The zero-order valence-corrected chi connectivity index (χ0v) is 15.0. The summed E-state index contributed by atoms with van der Waals surface area (Å²) in [4.78, 5) is 30.0. The second-order valence-corrected chi connectivity index (χ2v) is 5.49. The molecule has 0 atom stereocenters. The Labute approximate surface area is 159 Å². The van der Waals surface area contributed by atoms with Crippen LogP contribution in [0, 0.1) is 6.92 Å². The highest BCUT2D eigenvalue weighted by molar-refractivity contribution is 5.91. The second kappa shape index (κ2) is 8.54. The molecular formula is C18H16N6O4. The van der Waals surface area contributed by atoms with Crippen LogP contribution >= 0.6 is 0 Å². The molecule has 2 heterocycles. The van der Waals surface area contributed by atoms with Crippen LogP contribution in [0.3, 0.4) is 0 Å². The number of pyridine rings is 1. The lowest BCUT2D eigenvalue weighted by Gasteiger charge is -2.09. The average Bonchev–Trinajstić information content (AvgIpc) is 2.72. The van der Waals surface area contributed by atoms with Crippen LogP contribution in [-0.4, -0.2) is 39.5 Å². The lowest BCUT2D eigenvalue weighted by atomic mass is 10.2. The molecule has 0 amide bonds. The number of carbonyl (C=O) groups is 1. The number of hydrazone groups is 1. The van der Waals surface area contributed by atoms with Gasteiger partial charge in [-0.05, 0) is 42.8 Å². The Hall–Kier alpha value is -4.08. The van der Waals surface area contributed by atoms with Crippen molar-refractivity contribution in [1.82, 2.24) is 20.2 Å². The molecule has 1 aromatic carbocycles. The van der Waals surface area contributed by atoms with Crippen LogP contribution in [0.1, 0.15) is 21.6 Å². The Kier molecular flexibility index (Phi) is 5.70. The topological polar surface area (TPSA) is 131 Å². The van der Waals surface area contributed by atoms with E-state index in [-0.39, 0.29) is 23.0 Å². The number of carbonyl (C=O) groups excluding carboxylic acids is 1. The first kappa shape index (κ1) is 18.7. The van der Waals surface area contributed by atoms with Gasteiger partial charge in [0.15, 0.2) is 11.5 Å². The Bertz CT molecular complexity index is 1070. The summed E-state index contributed by atoms with van der Waals surface area (Å²) in [5.41, 5.74) is 3.52. The monoisotopic (exact) mass is 380 g/mol. The van der Waals surface area contributed by atoms with Crippen LogP contribution < -0.4 is 20.5 Å². The quantitative estimate of drug-likeness (QED) is 0.285. The Balaban J connectivity index is 1.71. The van der Waals surface area contributed by atoms with E-state index >= 15 is 0 Å². The third kappa shape index (κ3) is 4.55. The van der Waals surface area contributed by atoms with Gasteiger partial charge in [-0.2, -0.15) is 5.10 Å². The van der Waals surface area contributed by atoms with Gasteiger partial charge in [-0.15, -0.1) is 10.2 Å². The molecule has 0 fully saturated rings. The van der Waals surface area contributed by atoms with E-state index in [1.54, 1.807) is 37.3 Å². The van der Waals surface area contributed by atoms with E-state index < -0.39 is 5.97 Å². The van der Waals surface area contributed by atoms with Gasteiger partial charge in [0, 0.05) is 12.4 Å². The third-order valence-electron chi connectivity index (χ3n) is 3.55. The highest BCUT2D eigenvalue weighted by Crippen LogP contribution is 2.28. The van der Waals surface area contributed by atoms with Crippen molar-refractivity contribution < 1.29 is 14.3 Å². The van der Waals surface area contributed by atoms with Crippen molar-refractivity contribution in [1.29, 1.82) is 0 Å². The number of methoxy groups -OCH3 is 1. The molecule has 10 nitrogen and oxygen atoms in total. The third-order valence-corrected chi connectivity index (χ3v) is 3.55. The van der Waals surface area contributed by atoms with Crippen molar-refractivity contribution in [2.75, 3.05) is 12.5 Å². The van der Waals surface area contributed by atoms with Gasteiger partial charge in [0.2, 0.25) is 5.95 Å². The number of aromatic nitrogens is 4. The summed E-state index contributed by atoms with van der Waals surface area (Å²) in [6, 6.07) is 8.03. The van der Waals surface area contributed by atoms with Crippen LogP contribution in [0.5, 0.6) is 11.5 Å². The fourth-order valence-electron chi connectivity index (χ4n) is 2.11. The van der Waals surface area contributed by atoms with E-state index in [1.807, 2.05) is 0 Å². The summed E-state index contributed by atoms with van der Waals surface area (Å²) in [6.07, 6.45) is 4.49. The van der Waals surface area contributed by atoms with Gasteiger partial charge < -0.3 is 9.47 Å². The van der Waals surface area contributed by atoms with Crippen LogP contribution in [0.4, 0.5) is 5.95 Å². The molecule has 2 N–H and O–H groups in total. The van der Waals surface area contributed by atoms with Crippen molar-refractivity contribution >= 4 is 18.1 Å². The van der Waals surface area contributed by atoms with Gasteiger partial charge in [0.05, 0.1) is 18.9 Å². The van der Waals surface area contributed by atoms with Crippen molar-refractivity contribution in [2.24, 2.45) is 5.10 Å². The van der Waals surface area contributed by atoms with E-state index in [4.69, 9.17) is 9.47 Å². The van der Waals surface area contributed by atoms with E-state index in [1.165, 1.54) is 25.7 Å². The van der Waals surface area contributed by atoms with Gasteiger partial charge >= 0.3 is 5.97 Å². The summed E-state index contributed by atoms with van der Waals surface area (Å²) in [7, 11) is 1.46. The largest absolute Gasteiger partial charge is 0.493 e. The zero-order valence-electron chi connectivity index (χ0n) is 15.0. The maximum absolute atomic E-state index is 12.2. The van der Waals surface area contributed by atoms with Crippen LogP contribution in [0.25, 0.3) is 0 Å². The molecule has 2 aromatic heterocycles. The Morgan fingerprint density at radius 2 is 1.96 bits per heavy atom. The van der Waals surface area contributed by atoms with Crippen molar-refractivity contribution in [3.8, 4) is 11.5 Å². The Morgan fingerprint density at radius 1 is 1.18 bits per heavy atom. The summed E-state index contributed by atoms with van der Waals surface area (Å²) in [6.45, 7) is 1.55. The molecule has 0 aliphatic heterocycles. The second-order valence-electron chi connectivity index (χ2n) is 5.49. The predicted molar refractivity (Wildman–Crippen MR) is 101 cm³/mol. The number of hydrogen-bond donors (Lipinski definition) is 2. The first-order chi connectivity index (χ1) is 13.6. The van der Waals surface area contributed by atoms with E-state index in [9.17, 15) is 9.59 Å². The molecule has 0 unspecified atom stereocenters. The molecule has 0 saturated carbocycles. The molecule has 0 bridgehead atoms. The standard InChI is InChI=1S/C18H16N6O4/c1-11-16(25)21-18(24-22-11)23-20-10-12-3-4-14(15(9-12)27-2)28-17(26)13-5-7-19-8-6-13/h3-10H,1-2H3,(H2,21,23,24,25)/b20-10-. The van der Waals surface area contributed by atoms with E-state index in [0.29, 0.717) is 16.9 Å². The van der Waals surface area contributed by atoms with Gasteiger partial charge in [-0.1, -0.05) is 0 Å². The minimum atomic E-state index is -0.523. The molecule has 28 heavy (non-hydrogen) atoms. The van der Waals surface area contributed by atoms with Crippen LogP contribution in [0.2, 0.25) is 0 Å². The number of esters is 1. The highest BCUT2D eigenvalue weighted by atomic mass is 16.6. The number of ether oxygens (including phenoxy) is 2. The molecule has 10 heteroatoms. The number of aryl methyl sites for hydroxylation is 1. The SMILES string of the molecule is COc1cc(/C=N\Nc2nnc(C)c(=O)[nH]2)ccc1OC(=O)c1ccncc1. The average molecular weight is 380 g/mol. The molecule has 0 radical (unpaired) electrons. The van der Waals surface area contributed by atoms with Crippen molar-refractivity contribution in [2.45, 2.75) is 6.92 Å². The summed E-state index contributed by atoms with van der Waals surface area (Å²) in [5, 5.41) is 11.4. The minimum absolute atomic E-state index is 0.113. The highest BCUT2D eigenvalue weighted by Gasteiger charge is 2.12. The maximum atomic E-state index is 12.2. The first-order valence-electron chi connectivity index (χ1n) is 8.10. The molecule has 0 aliphatic rings.